The molecule has 0 atom stereocenters. The minimum Gasteiger partial charge on any atom is -0.350 e. The van der Waals surface area contributed by atoms with Gasteiger partial charge in [-0.1, -0.05) is 11.8 Å². The topological polar surface area (TPSA) is 58.4 Å². The molecule has 0 spiro atoms. The van der Waals surface area contributed by atoms with E-state index in [1.807, 2.05) is 19.5 Å². The number of carbonyl (C=O) groups excluding carboxylic acids is 1. The number of hydrogen-bond donors (Lipinski definition) is 2. The molecule has 0 aromatic carbocycles. The summed E-state index contributed by atoms with van der Waals surface area (Å²) in [7, 11) is 3.99. The number of nitrogens with zero attached hydrogens (tertiary/aromatic N) is 1. The normalized spacial score (nSPS) is 11.1. The van der Waals surface area contributed by atoms with E-state index in [1.165, 1.54) is 11.3 Å². The molecule has 1 aromatic rings. The van der Waals surface area contributed by atoms with Gasteiger partial charge in [-0.3, -0.25) is 4.79 Å². The summed E-state index contributed by atoms with van der Waals surface area (Å²) in [6.07, 6.45) is 0. The maximum Gasteiger partial charge on any atom is 0.252 e. The van der Waals surface area contributed by atoms with Crippen LogP contribution in [0.2, 0.25) is 0 Å². The van der Waals surface area contributed by atoms with Crippen LogP contribution < -0.4 is 11.1 Å². The van der Waals surface area contributed by atoms with Crippen LogP contribution in [0.4, 0.5) is 0 Å². The van der Waals surface area contributed by atoms with Crippen molar-refractivity contribution < 1.29 is 4.79 Å². The van der Waals surface area contributed by atoms with Crippen LogP contribution in [0.5, 0.6) is 0 Å². The Morgan fingerprint density at radius 2 is 2.21 bits per heavy atom. The summed E-state index contributed by atoms with van der Waals surface area (Å²) >= 11 is 1.46. The third-order valence-electron chi connectivity index (χ3n) is 3.07. The lowest BCUT2D eigenvalue weighted by atomic mass is 10.0. The van der Waals surface area contributed by atoms with E-state index in [-0.39, 0.29) is 11.4 Å². The molecule has 0 aliphatic rings. The molecule has 0 saturated carbocycles. The van der Waals surface area contributed by atoms with E-state index in [0.29, 0.717) is 18.7 Å². The summed E-state index contributed by atoms with van der Waals surface area (Å²) < 4.78 is 0. The van der Waals surface area contributed by atoms with Gasteiger partial charge in [-0.15, -0.1) is 11.3 Å². The Labute approximate surface area is 119 Å². The highest BCUT2D eigenvalue weighted by molar-refractivity contribution is 7.10. The van der Waals surface area contributed by atoms with Crippen molar-refractivity contribution in [2.24, 2.45) is 5.73 Å². The third kappa shape index (κ3) is 4.67. The Morgan fingerprint density at radius 1 is 1.53 bits per heavy atom. The van der Waals surface area contributed by atoms with Crippen molar-refractivity contribution in [1.29, 1.82) is 0 Å². The van der Waals surface area contributed by atoms with Gasteiger partial charge in [-0.2, -0.15) is 0 Å². The number of hydrogen-bond acceptors (Lipinski definition) is 4. The van der Waals surface area contributed by atoms with Gasteiger partial charge in [0.25, 0.3) is 5.91 Å². The van der Waals surface area contributed by atoms with E-state index < -0.39 is 0 Å². The lowest BCUT2D eigenvalue weighted by molar-refractivity contribution is 0.0920. The number of nitrogens with one attached hydrogen (secondary N) is 1. The summed E-state index contributed by atoms with van der Waals surface area (Å²) in [5.74, 6) is 5.64. The molecule has 1 rings (SSSR count). The van der Waals surface area contributed by atoms with Gasteiger partial charge in [0, 0.05) is 17.5 Å². The van der Waals surface area contributed by atoms with Gasteiger partial charge in [0.2, 0.25) is 0 Å². The van der Waals surface area contributed by atoms with Crippen LogP contribution in [0.15, 0.2) is 11.4 Å². The summed E-state index contributed by atoms with van der Waals surface area (Å²) in [5.41, 5.74) is 5.89. The van der Waals surface area contributed by atoms with Crippen LogP contribution in [-0.2, 0) is 0 Å². The fraction of sp³-hybridized carbons (Fsp3) is 0.500. The molecule has 0 fully saturated rings. The molecular weight excluding hydrogens is 258 g/mol. The molecule has 0 aliphatic carbocycles. The van der Waals surface area contributed by atoms with Crippen LogP contribution in [0.1, 0.15) is 29.1 Å². The highest BCUT2D eigenvalue weighted by atomic mass is 32.1. The van der Waals surface area contributed by atoms with Crippen molar-refractivity contribution in [3.8, 4) is 11.8 Å². The number of likely N-dealkylation sites (N-methyl/N-ethyl adjacent to an activating group) is 1. The molecule has 1 heterocycles. The van der Waals surface area contributed by atoms with Gasteiger partial charge in [0.1, 0.15) is 0 Å². The Morgan fingerprint density at radius 3 is 2.79 bits per heavy atom. The molecule has 0 saturated heterocycles. The second-order valence-electron chi connectivity index (χ2n) is 5.10. The van der Waals surface area contributed by atoms with E-state index in [2.05, 4.69) is 35.9 Å². The van der Waals surface area contributed by atoms with E-state index >= 15 is 0 Å². The Bertz CT molecular complexity index is 494. The van der Waals surface area contributed by atoms with Crippen molar-refractivity contribution in [2.75, 3.05) is 27.2 Å². The molecule has 1 aromatic heterocycles. The third-order valence-corrected chi connectivity index (χ3v) is 3.91. The van der Waals surface area contributed by atoms with Crippen LogP contribution in [0.25, 0.3) is 0 Å². The molecule has 19 heavy (non-hydrogen) atoms. The predicted molar refractivity (Wildman–Crippen MR) is 80.4 cm³/mol. The molecule has 4 nitrogen and oxygen atoms in total. The fourth-order valence-corrected chi connectivity index (χ4v) is 1.97. The summed E-state index contributed by atoms with van der Waals surface area (Å²) in [6, 6.07) is 1.80. The first-order chi connectivity index (χ1) is 8.86. The van der Waals surface area contributed by atoms with E-state index in [0.717, 1.165) is 4.88 Å². The second-order valence-corrected chi connectivity index (χ2v) is 6.01. The zero-order valence-electron chi connectivity index (χ0n) is 11.9. The minimum atomic E-state index is -0.0755. The standard InChI is InChI=1S/C14H21N3OS/c1-14(2,17(3)4)10-16-13(18)11-8-12(19-9-11)6-5-7-15/h8-9H,7,10,15H2,1-4H3,(H,16,18). The predicted octanol–water partition coefficient (Wildman–Crippen LogP) is 1.13. The summed E-state index contributed by atoms with van der Waals surface area (Å²) in [6.45, 7) is 5.09. The number of amides is 1. The Kier molecular flexibility index (Phi) is 5.55. The molecular formula is C14H21N3OS. The molecule has 5 heteroatoms. The average Bonchev–Trinajstić information content (AvgIpc) is 2.82. The molecule has 0 unspecified atom stereocenters. The second kappa shape index (κ2) is 6.71. The van der Waals surface area contributed by atoms with Crippen LogP contribution in [0.3, 0.4) is 0 Å². The number of nitrogens with two attached hydrogens (primary N) is 1. The maximum atomic E-state index is 12.0. The fourth-order valence-electron chi connectivity index (χ4n) is 1.22. The first-order valence-electron chi connectivity index (χ1n) is 6.10. The monoisotopic (exact) mass is 279 g/mol. The van der Waals surface area contributed by atoms with Gasteiger partial charge in [-0.05, 0) is 34.0 Å². The Balaban J connectivity index is 2.62. The first-order valence-corrected chi connectivity index (χ1v) is 6.98. The minimum absolute atomic E-state index is 0.0630. The maximum absolute atomic E-state index is 12.0. The van der Waals surface area contributed by atoms with Gasteiger partial charge in [0.05, 0.1) is 17.0 Å². The average molecular weight is 279 g/mol. The van der Waals surface area contributed by atoms with Crippen molar-refractivity contribution in [2.45, 2.75) is 19.4 Å². The largest absolute Gasteiger partial charge is 0.350 e. The number of rotatable bonds is 4. The van der Waals surface area contributed by atoms with E-state index in [4.69, 9.17) is 5.73 Å². The van der Waals surface area contributed by atoms with Gasteiger partial charge >= 0.3 is 0 Å². The molecule has 0 bridgehead atoms. The van der Waals surface area contributed by atoms with E-state index in [1.54, 1.807) is 6.07 Å². The van der Waals surface area contributed by atoms with E-state index in [9.17, 15) is 4.79 Å². The number of thiophene rings is 1. The van der Waals surface area contributed by atoms with Gasteiger partial charge in [-0.25, -0.2) is 0 Å². The highest BCUT2D eigenvalue weighted by Crippen LogP contribution is 2.14. The lowest BCUT2D eigenvalue weighted by Gasteiger charge is -2.32. The Hall–Kier alpha value is -1.35. The zero-order valence-corrected chi connectivity index (χ0v) is 12.7. The molecule has 0 radical (unpaired) electrons. The number of carbonyl (C=O) groups is 1. The quantitative estimate of drug-likeness (QED) is 0.812. The highest BCUT2D eigenvalue weighted by Gasteiger charge is 2.21. The van der Waals surface area contributed by atoms with Gasteiger partial charge < -0.3 is 16.0 Å². The molecule has 104 valence electrons. The van der Waals surface area contributed by atoms with Gasteiger partial charge in [0.15, 0.2) is 0 Å². The van der Waals surface area contributed by atoms with Crippen molar-refractivity contribution in [3.05, 3.63) is 21.9 Å². The molecule has 3 N–H and O–H groups in total. The van der Waals surface area contributed by atoms with Crippen molar-refractivity contribution >= 4 is 17.2 Å². The molecule has 0 aliphatic heterocycles. The SMILES string of the molecule is CN(C)C(C)(C)CNC(=O)c1csc(C#CCN)c1. The first kappa shape index (κ1) is 15.7. The van der Waals surface area contributed by atoms with Crippen molar-refractivity contribution in [3.63, 3.8) is 0 Å². The zero-order chi connectivity index (χ0) is 14.5. The van der Waals surface area contributed by atoms with Crippen LogP contribution >= 0.6 is 11.3 Å². The van der Waals surface area contributed by atoms with Crippen LogP contribution in [0, 0.1) is 11.8 Å². The van der Waals surface area contributed by atoms with Crippen molar-refractivity contribution in [1.82, 2.24) is 10.2 Å². The molecule has 1 amide bonds. The lowest BCUT2D eigenvalue weighted by Crippen LogP contribution is -2.48. The smallest absolute Gasteiger partial charge is 0.252 e. The van der Waals surface area contributed by atoms with Crippen LogP contribution in [-0.4, -0.2) is 43.5 Å². The summed E-state index contributed by atoms with van der Waals surface area (Å²) in [5, 5.41) is 4.76. The summed E-state index contributed by atoms with van der Waals surface area (Å²) in [4.78, 5) is 15.0.